The molecule has 2 rings (SSSR count). The summed E-state index contributed by atoms with van der Waals surface area (Å²) in [5, 5.41) is 14.6. The Bertz CT molecular complexity index is 645. The van der Waals surface area contributed by atoms with Crippen molar-refractivity contribution in [1.82, 2.24) is 30.4 Å². The lowest BCUT2D eigenvalue weighted by molar-refractivity contribution is -0.125. The molecule has 0 unspecified atom stereocenters. The predicted octanol–water partition coefficient (Wildman–Crippen LogP) is 2.75. The van der Waals surface area contributed by atoms with Crippen LogP contribution in [0.15, 0.2) is 29.6 Å². The Labute approximate surface area is 162 Å². The van der Waals surface area contributed by atoms with Gasteiger partial charge in [-0.3, -0.25) is 9.69 Å². The van der Waals surface area contributed by atoms with Gasteiger partial charge in [0.05, 0.1) is 12.1 Å². The molecule has 2 heterocycles. The average Bonchev–Trinajstić information content (AvgIpc) is 3.26. The van der Waals surface area contributed by atoms with Gasteiger partial charge in [0.1, 0.15) is 6.33 Å². The zero-order valence-corrected chi connectivity index (χ0v) is 17.4. The number of nitrogens with one attached hydrogen (secondary N) is 1. The quantitative estimate of drug-likeness (QED) is 0.673. The van der Waals surface area contributed by atoms with E-state index in [9.17, 15) is 4.79 Å². The molecular formula is C20H34N6O. The molecule has 1 amide bonds. The smallest absolute Gasteiger partial charge is 0.237 e. The van der Waals surface area contributed by atoms with Gasteiger partial charge in [-0.05, 0) is 56.4 Å². The number of amides is 1. The van der Waals surface area contributed by atoms with Crippen molar-refractivity contribution in [3.63, 3.8) is 0 Å². The van der Waals surface area contributed by atoms with Crippen molar-refractivity contribution >= 4 is 5.91 Å². The van der Waals surface area contributed by atoms with E-state index in [0.29, 0.717) is 12.5 Å². The predicted molar refractivity (Wildman–Crippen MR) is 107 cm³/mol. The first-order valence-corrected chi connectivity index (χ1v) is 9.90. The normalized spacial score (nSPS) is 20.9. The van der Waals surface area contributed by atoms with Crippen LogP contribution in [-0.2, 0) is 4.79 Å². The number of rotatable bonds is 9. The van der Waals surface area contributed by atoms with Crippen LogP contribution in [0.2, 0.25) is 0 Å². The maximum Gasteiger partial charge on any atom is 0.237 e. The van der Waals surface area contributed by atoms with Crippen LogP contribution < -0.4 is 5.32 Å². The molecule has 0 aromatic carbocycles. The summed E-state index contributed by atoms with van der Waals surface area (Å²) in [6.07, 6.45) is 9.01. The molecule has 1 aliphatic rings. The summed E-state index contributed by atoms with van der Waals surface area (Å²) in [6, 6.07) is -0.00559. The third-order valence-corrected chi connectivity index (χ3v) is 4.87. The van der Waals surface area contributed by atoms with E-state index in [2.05, 4.69) is 72.5 Å². The van der Waals surface area contributed by atoms with Crippen LogP contribution in [0.3, 0.4) is 0 Å². The maximum atomic E-state index is 12.7. The fourth-order valence-corrected chi connectivity index (χ4v) is 3.27. The Balaban J connectivity index is 2.00. The summed E-state index contributed by atoms with van der Waals surface area (Å²) in [4.78, 5) is 15.0. The third-order valence-electron chi connectivity index (χ3n) is 4.87. The molecular weight excluding hydrogens is 340 g/mol. The molecule has 2 atom stereocenters. The zero-order valence-electron chi connectivity index (χ0n) is 17.4. The van der Waals surface area contributed by atoms with E-state index < -0.39 is 0 Å². The minimum Gasteiger partial charge on any atom is -0.354 e. The number of aromatic nitrogens is 4. The van der Waals surface area contributed by atoms with E-state index in [1.54, 1.807) is 11.0 Å². The molecule has 1 aromatic rings. The molecule has 1 fully saturated rings. The van der Waals surface area contributed by atoms with Gasteiger partial charge in [0, 0.05) is 19.6 Å². The molecule has 1 aromatic heterocycles. The number of hydrogen-bond acceptors (Lipinski definition) is 5. The summed E-state index contributed by atoms with van der Waals surface area (Å²) in [5.74, 6) is 0.547. The second-order valence-electron chi connectivity index (χ2n) is 8.16. The number of carbonyl (C=O) groups excluding carboxylic acids is 1. The van der Waals surface area contributed by atoms with Gasteiger partial charge in [0.25, 0.3) is 0 Å². The number of hydrogen-bond donors (Lipinski definition) is 1. The second-order valence-corrected chi connectivity index (χ2v) is 8.16. The van der Waals surface area contributed by atoms with E-state index >= 15 is 0 Å². The van der Waals surface area contributed by atoms with Gasteiger partial charge >= 0.3 is 0 Å². The Morgan fingerprint density at radius 2 is 2.07 bits per heavy atom. The van der Waals surface area contributed by atoms with Crippen molar-refractivity contribution < 1.29 is 4.79 Å². The number of allylic oxidation sites excluding steroid dienone is 3. The molecule has 7 heteroatoms. The molecule has 0 spiro atoms. The third kappa shape index (κ3) is 6.90. The van der Waals surface area contributed by atoms with E-state index in [-0.39, 0.29) is 18.0 Å². The lowest BCUT2D eigenvalue weighted by Crippen LogP contribution is -2.44. The summed E-state index contributed by atoms with van der Waals surface area (Å²) < 4.78 is 1.77. The number of likely N-dealkylation sites (tertiary alicyclic amines) is 1. The van der Waals surface area contributed by atoms with E-state index in [0.717, 1.165) is 32.4 Å². The topological polar surface area (TPSA) is 75.9 Å². The van der Waals surface area contributed by atoms with Crippen molar-refractivity contribution in [2.24, 2.45) is 5.92 Å². The number of tetrazole rings is 1. The highest BCUT2D eigenvalue weighted by Crippen LogP contribution is 2.27. The monoisotopic (exact) mass is 374 g/mol. The van der Waals surface area contributed by atoms with Crippen molar-refractivity contribution in [3.8, 4) is 0 Å². The number of nitrogens with zero attached hydrogens (tertiary/aromatic N) is 5. The van der Waals surface area contributed by atoms with Crippen LogP contribution in [0.1, 0.15) is 59.9 Å². The highest BCUT2D eigenvalue weighted by molar-refractivity contribution is 5.82. The fourth-order valence-electron chi connectivity index (χ4n) is 3.27. The highest BCUT2D eigenvalue weighted by atomic mass is 16.2. The molecule has 0 bridgehead atoms. The SMILES string of the molecule is CC(C)=CCCC(C)=CCN1C[C@H](n2cnnn2)C[C@H]1C(=O)NCC(C)C. The van der Waals surface area contributed by atoms with Gasteiger partial charge in [0.2, 0.25) is 5.91 Å². The Hall–Kier alpha value is -2.02. The van der Waals surface area contributed by atoms with Crippen LogP contribution >= 0.6 is 0 Å². The van der Waals surface area contributed by atoms with Crippen molar-refractivity contribution in [1.29, 1.82) is 0 Å². The minimum absolute atomic E-state index is 0.106. The fraction of sp³-hybridized carbons (Fsp3) is 0.700. The summed E-state index contributed by atoms with van der Waals surface area (Å²) in [7, 11) is 0. The Kier molecular flexibility index (Phi) is 8.16. The van der Waals surface area contributed by atoms with Crippen LogP contribution in [0, 0.1) is 5.92 Å². The minimum atomic E-state index is -0.139. The van der Waals surface area contributed by atoms with Crippen molar-refractivity contribution in [2.75, 3.05) is 19.6 Å². The zero-order chi connectivity index (χ0) is 19.8. The molecule has 27 heavy (non-hydrogen) atoms. The van der Waals surface area contributed by atoms with Crippen LogP contribution in [0.4, 0.5) is 0 Å². The Morgan fingerprint density at radius 3 is 2.70 bits per heavy atom. The van der Waals surface area contributed by atoms with Gasteiger partial charge in [-0.1, -0.05) is 37.1 Å². The van der Waals surface area contributed by atoms with Gasteiger partial charge in [-0.2, -0.15) is 0 Å². The standard InChI is InChI=1S/C20H34N6O/c1-15(2)7-6-8-17(5)9-10-25-13-18(26-14-22-23-24-26)11-19(25)20(27)21-12-16(3)4/h7,9,14,16,18-19H,6,8,10-13H2,1-5H3,(H,21,27)/t18-,19+/m1/s1. The molecule has 150 valence electrons. The first kappa shape index (κ1) is 21.3. The lowest BCUT2D eigenvalue weighted by atomic mass is 10.1. The van der Waals surface area contributed by atoms with Gasteiger partial charge in [-0.25, -0.2) is 4.68 Å². The molecule has 7 nitrogen and oxygen atoms in total. The van der Waals surface area contributed by atoms with Crippen molar-refractivity contribution in [2.45, 2.75) is 66.0 Å². The molecule has 0 radical (unpaired) electrons. The van der Waals surface area contributed by atoms with Crippen LogP contribution in [0.25, 0.3) is 0 Å². The molecule has 1 N–H and O–H groups in total. The lowest BCUT2D eigenvalue weighted by Gasteiger charge is -2.22. The second kappa shape index (κ2) is 10.3. The Morgan fingerprint density at radius 1 is 1.30 bits per heavy atom. The van der Waals surface area contributed by atoms with Crippen LogP contribution in [0.5, 0.6) is 0 Å². The maximum absolute atomic E-state index is 12.7. The first-order chi connectivity index (χ1) is 12.9. The first-order valence-electron chi connectivity index (χ1n) is 9.90. The largest absolute Gasteiger partial charge is 0.354 e. The van der Waals surface area contributed by atoms with Crippen molar-refractivity contribution in [3.05, 3.63) is 29.6 Å². The average molecular weight is 375 g/mol. The highest BCUT2D eigenvalue weighted by Gasteiger charge is 2.37. The van der Waals surface area contributed by atoms with Crippen LogP contribution in [-0.4, -0.2) is 56.7 Å². The van der Waals surface area contributed by atoms with E-state index in [4.69, 9.17) is 0 Å². The summed E-state index contributed by atoms with van der Waals surface area (Å²) >= 11 is 0. The summed E-state index contributed by atoms with van der Waals surface area (Å²) in [6.45, 7) is 12.9. The van der Waals surface area contributed by atoms with Gasteiger partial charge in [-0.15, -0.1) is 5.10 Å². The molecule has 0 saturated carbocycles. The molecule has 0 aliphatic carbocycles. The van der Waals surface area contributed by atoms with E-state index in [1.165, 1.54) is 11.1 Å². The summed E-state index contributed by atoms with van der Waals surface area (Å²) in [5.41, 5.74) is 2.72. The van der Waals surface area contributed by atoms with Gasteiger partial charge in [0.15, 0.2) is 0 Å². The molecule has 1 aliphatic heterocycles. The van der Waals surface area contributed by atoms with E-state index in [1.807, 2.05) is 0 Å². The molecule has 1 saturated heterocycles. The van der Waals surface area contributed by atoms with Gasteiger partial charge < -0.3 is 5.32 Å². The number of carbonyl (C=O) groups is 1.